The molecule has 5 atom stereocenters. The molecule has 0 aliphatic carbocycles. The van der Waals surface area contributed by atoms with Crippen LogP contribution < -0.4 is 9.47 Å². The van der Waals surface area contributed by atoms with Crippen molar-refractivity contribution in [1.82, 2.24) is 9.80 Å². The van der Waals surface area contributed by atoms with Crippen LogP contribution in [0.25, 0.3) is 0 Å². The Kier molecular flexibility index (Phi) is 5.91. The van der Waals surface area contributed by atoms with Crippen LogP contribution in [-0.2, 0) is 20.7 Å². The van der Waals surface area contributed by atoms with Gasteiger partial charge < -0.3 is 34.1 Å². The second-order valence-corrected chi connectivity index (χ2v) is 10.1. The van der Waals surface area contributed by atoms with E-state index < -0.39 is 48.4 Å². The van der Waals surface area contributed by atoms with E-state index in [1.807, 2.05) is 0 Å². The number of aromatic hydroxyl groups is 1. The highest BCUT2D eigenvalue weighted by Crippen LogP contribution is 2.53. The molecule has 3 heterocycles. The van der Waals surface area contributed by atoms with Gasteiger partial charge in [-0.15, -0.1) is 0 Å². The lowest BCUT2D eigenvalue weighted by Gasteiger charge is -2.52. The van der Waals surface area contributed by atoms with E-state index in [1.54, 1.807) is 27.7 Å². The maximum atomic E-state index is 13.7. The lowest BCUT2D eigenvalue weighted by molar-refractivity contribution is -0.153. The van der Waals surface area contributed by atoms with Gasteiger partial charge in [0.1, 0.15) is 23.7 Å². The van der Waals surface area contributed by atoms with Crippen molar-refractivity contribution in [3.05, 3.63) is 16.7 Å². The molecular weight excluding hydrogens is 444 g/mol. The molecular formula is C24H32N2O8. The first kappa shape index (κ1) is 24.1. The average molecular weight is 477 g/mol. The van der Waals surface area contributed by atoms with Gasteiger partial charge in [0, 0.05) is 22.6 Å². The summed E-state index contributed by atoms with van der Waals surface area (Å²) in [6.07, 6.45) is 0.544. The van der Waals surface area contributed by atoms with Crippen molar-refractivity contribution in [3.63, 3.8) is 0 Å². The van der Waals surface area contributed by atoms with Crippen molar-refractivity contribution in [2.75, 3.05) is 20.8 Å². The Morgan fingerprint density at radius 2 is 1.85 bits per heavy atom. The van der Waals surface area contributed by atoms with Crippen LogP contribution in [0.2, 0.25) is 0 Å². The third-order valence-electron chi connectivity index (χ3n) is 7.08. The Morgan fingerprint density at radius 3 is 2.38 bits per heavy atom. The molecule has 1 aromatic carbocycles. The number of aldehydes is 1. The van der Waals surface area contributed by atoms with Crippen molar-refractivity contribution < 1.29 is 38.8 Å². The topological polar surface area (TPSA) is 126 Å². The summed E-state index contributed by atoms with van der Waals surface area (Å²) in [6.45, 7) is 6.51. The van der Waals surface area contributed by atoms with Crippen LogP contribution in [0.4, 0.5) is 4.79 Å². The van der Waals surface area contributed by atoms with Crippen LogP contribution >= 0.6 is 0 Å². The number of hydrogen-bond acceptors (Lipinski definition) is 8. The van der Waals surface area contributed by atoms with Gasteiger partial charge in [0.15, 0.2) is 11.5 Å². The minimum atomic E-state index is -0.890. The normalized spacial score (nSPS) is 27.7. The Labute approximate surface area is 198 Å². The van der Waals surface area contributed by atoms with E-state index in [4.69, 9.17) is 14.2 Å². The lowest BCUT2D eigenvalue weighted by atomic mass is 9.80. The molecule has 0 unspecified atom stereocenters. The van der Waals surface area contributed by atoms with Gasteiger partial charge in [0.25, 0.3) is 0 Å². The largest absolute Gasteiger partial charge is 0.504 e. The summed E-state index contributed by atoms with van der Waals surface area (Å²) in [5.41, 5.74) is 0.779. The van der Waals surface area contributed by atoms with Gasteiger partial charge in [-0.25, -0.2) is 4.79 Å². The number of amides is 2. The van der Waals surface area contributed by atoms with Crippen molar-refractivity contribution >= 4 is 18.3 Å². The monoisotopic (exact) mass is 476 g/mol. The molecule has 0 spiro atoms. The van der Waals surface area contributed by atoms with Crippen LogP contribution in [0.5, 0.6) is 17.2 Å². The Bertz CT molecular complexity index is 1030. The molecule has 34 heavy (non-hydrogen) atoms. The SMILES string of the molecule is COc1c(C)c(OC)c2c(c1O)[C@H](CO)N1C(=O)[C@@H]3C[C@@H](C=O)[C@H]([C@@H]1C2)N3C(=O)OC(C)(C)C. The Balaban J connectivity index is 1.89. The van der Waals surface area contributed by atoms with Crippen molar-refractivity contribution in [1.29, 1.82) is 0 Å². The molecule has 2 amide bonds. The Morgan fingerprint density at radius 1 is 1.21 bits per heavy atom. The third kappa shape index (κ3) is 3.38. The van der Waals surface area contributed by atoms with Crippen molar-refractivity contribution in [2.45, 2.75) is 70.3 Å². The van der Waals surface area contributed by atoms with Gasteiger partial charge in [-0.3, -0.25) is 9.69 Å². The smallest absolute Gasteiger partial charge is 0.411 e. The highest BCUT2D eigenvalue weighted by atomic mass is 16.6. The second kappa shape index (κ2) is 8.33. The number of hydrogen-bond donors (Lipinski definition) is 2. The average Bonchev–Trinajstić information content (AvgIpc) is 3.11. The number of phenolic OH excluding ortho intramolecular Hbond substituents is 1. The molecule has 3 aliphatic rings. The van der Waals surface area contributed by atoms with Crippen LogP contribution in [0.1, 0.15) is 49.9 Å². The fourth-order valence-corrected chi connectivity index (χ4v) is 5.93. The predicted octanol–water partition coefficient (Wildman–Crippen LogP) is 1.71. The van der Waals surface area contributed by atoms with Crippen molar-refractivity contribution in [2.24, 2.45) is 5.92 Å². The van der Waals surface area contributed by atoms with Crippen LogP contribution in [0.15, 0.2) is 0 Å². The zero-order valence-electron chi connectivity index (χ0n) is 20.3. The van der Waals surface area contributed by atoms with Gasteiger partial charge in [0.2, 0.25) is 5.91 Å². The van der Waals surface area contributed by atoms with E-state index in [0.29, 0.717) is 22.4 Å². The summed E-state index contributed by atoms with van der Waals surface area (Å²) in [5, 5.41) is 21.5. The summed E-state index contributed by atoms with van der Waals surface area (Å²) in [7, 11) is 2.92. The zero-order chi connectivity index (χ0) is 25.1. The number of nitrogens with zero attached hydrogens (tertiary/aromatic N) is 2. The van der Waals surface area contributed by atoms with Crippen LogP contribution in [0, 0.1) is 12.8 Å². The highest BCUT2D eigenvalue weighted by Gasteiger charge is 2.61. The van der Waals surface area contributed by atoms with Gasteiger partial charge in [-0.05, 0) is 40.5 Å². The quantitative estimate of drug-likeness (QED) is 0.629. The number of phenols is 1. The number of benzene rings is 1. The third-order valence-corrected chi connectivity index (χ3v) is 7.08. The summed E-state index contributed by atoms with van der Waals surface area (Å²) in [4.78, 5) is 41.9. The number of rotatable bonds is 4. The maximum Gasteiger partial charge on any atom is 0.411 e. The fraction of sp³-hybridized carbons (Fsp3) is 0.625. The maximum absolute atomic E-state index is 13.7. The lowest BCUT2D eigenvalue weighted by Crippen LogP contribution is -2.67. The summed E-state index contributed by atoms with van der Waals surface area (Å²) < 4.78 is 16.6. The molecule has 4 rings (SSSR count). The molecule has 2 fully saturated rings. The van der Waals surface area contributed by atoms with E-state index >= 15 is 0 Å². The number of carbonyl (C=O) groups is 3. The van der Waals surface area contributed by atoms with Crippen molar-refractivity contribution in [3.8, 4) is 17.2 Å². The molecule has 0 radical (unpaired) electrons. The number of ether oxygens (including phenoxy) is 3. The van der Waals surface area contributed by atoms with Gasteiger partial charge >= 0.3 is 6.09 Å². The van der Waals surface area contributed by atoms with E-state index in [2.05, 4.69) is 0 Å². The van der Waals surface area contributed by atoms with E-state index in [-0.39, 0.29) is 30.2 Å². The number of carbonyl (C=O) groups excluding carboxylic acids is 3. The molecule has 10 nitrogen and oxygen atoms in total. The number of piperazine rings is 1. The minimum absolute atomic E-state index is 0.157. The zero-order valence-corrected chi connectivity index (χ0v) is 20.3. The molecule has 10 heteroatoms. The van der Waals surface area contributed by atoms with Gasteiger partial charge in [-0.1, -0.05) is 0 Å². The summed E-state index contributed by atoms with van der Waals surface area (Å²) in [6, 6.07) is -3.02. The first-order valence-corrected chi connectivity index (χ1v) is 11.4. The molecule has 186 valence electrons. The van der Waals surface area contributed by atoms with E-state index in [9.17, 15) is 24.6 Å². The molecule has 2 bridgehead atoms. The van der Waals surface area contributed by atoms with E-state index in [0.717, 1.165) is 6.29 Å². The van der Waals surface area contributed by atoms with Gasteiger partial charge in [-0.2, -0.15) is 0 Å². The molecule has 3 aliphatic heterocycles. The highest BCUT2D eigenvalue weighted by molar-refractivity contribution is 5.91. The number of aliphatic hydroxyl groups excluding tert-OH is 1. The molecule has 0 aromatic heterocycles. The first-order chi connectivity index (χ1) is 16.0. The van der Waals surface area contributed by atoms with Crippen LogP contribution in [-0.4, -0.2) is 82.9 Å². The summed E-state index contributed by atoms with van der Waals surface area (Å²) >= 11 is 0. The minimum Gasteiger partial charge on any atom is -0.504 e. The number of aliphatic hydroxyl groups is 1. The number of fused-ring (bicyclic) bond motifs is 5. The summed E-state index contributed by atoms with van der Waals surface area (Å²) in [5.74, 6) is -0.437. The standard InChI is InChI=1S/C24H32N2O8/c1-11-20(32-5)13-8-14-18-12(9-27)7-15(26(18)23(31)34-24(2,3)4)22(30)25(14)16(10-28)17(13)19(29)21(11)33-6/h9,12,14-16,18,28-29H,7-8,10H2,1-6H3/t12-,14-,15-,16-,18+/m0/s1. The van der Waals surface area contributed by atoms with Gasteiger partial charge in [0.05, 0.1) is 39.0 Å². The molecule has 2 N–H and O–H groups in total. The predicted molar refractivity (Wildman–Crippen MR) is 120 cm³/mol. The number of methoxy groups -OCH3 is 2. The Hall–Kier alpha value is -3.01. The van der Waals surface area contributed by atoms with E-state index in [1.165, 1.54) is 24.0 Å². The van der Waals surface area contributed by atoms with Crippen LogP contribution in [0.3, 0.4) is 0 Å². The molecule has 1 aromatic rings. The molecule has 2 saturated heterocycles. The second-order valence-electron chi connectivity index (χ2n) is 10.1. The molecule has 0 saturated carbocycles. The fourth-order valence-electron chi connectivity index (χ4n) is 5.93. The first-order valence-electron chi connectivity index (χ1n) is 11.4.